The largest absolute Gasteiger partial charge is 0.447 e. The van der Waals surface area contributed by atoms with Crippen LogP contribution in [0.5, 0.6) is 0 Å². The third-order valence-corrected chi connectivity index (χ3v) is 4.24. The maximum atomic E-state index is 12.6. The second-order valence-corrected chi connectivity index (χ2v) is 6.13. The van der Waals surface area contributed by atoms with Crippen LogP contribution in [0.2, 0.25) is 0 Å². The van der Waals surface area contributed by atoms with Crippen LogP contribution < -0.4 is 0 Å². The first-order valence-corrected chi connectivity index (χ1v) is 7.72. The predicted octanol–water partition coefficient (Wildman–Crippen LogP) is 2.32. The van der Waals surface area contributed by atoms with E-state index in [1.165, 1.54) is 4.90 Å². The highest BCUT2D eigenvalue weighted by molar-refractivity contribution is 5.95. The predicted molar refractivity (Wildman–Crippen MR) is 74.0 cm³/mol. The van der Waals surface area contributed by atoms with Gasteiger partial charge in [0.15, 0.2) is 0 Å². The van der Waals surface area contributed by atoms with Crippen molar-refractivity contribution in [2.24, 2.45) is 11.8 Å². The van der Waals surface area contributed by atoms with Crippen molar-refractivity contribution >= 4 is 12.0 Å². The number of nitrogens with zero attached hydrogens (tertiary/aromatic N) is 1. The molecule has 1 saturated heterocycles. The van der Waals surface area contributed by atoms with Gasteiger partial charge in [-0.2, -0.15) is 0 Å². The van der Waals surface area contributed by atoms with Gasteiger partial charge >= 0.3 is 6.09 Å². The van der Waals surface area contributed by atoms with Gasteiger partial charge in [-0.1, -0.05) is 32.6 Å². The number of unbranched alkanes of at least 4 members (excludes halogenated alkanes) is 1. The Balaban J connectivity index is 2.04. The van der Waals surface area contributed by atoms with E-state index in [1.54, 1.807) is 6.92 Å². The molecule has 1 heterocycles. The summed E-state index contributed by atoms with van der Waals surface area (Å²) in [5, 5.41) is 10.3. The summed E-state index contributed by atoms with van der Waals surface area (Å²) in [6.07, 6.45) is 4.25. The lowest BCUT2D eigenvalue weighted by molar-refractivity contribution is -0.137. The minimum atomic E-state index is -0.649. The monoisotopic (exact) mass is 283 g/mol. The fourth-order valence-corrected chi connectivity index (χ4v) is 2.75. The zero-order chi connectivity index (χ0) is 14.7. The molecule has 0 aromatic heterocycles. The first kappa shape index (κ1) is 15.3. The van der Waals surface area contributed by atoms with Crippen LogP contribution in [0.1, 0.15) is 52.4 Å². The van der Waals surface area contributed by atoms with E-state index in [0.29, 0.717) is 18.8 Å². The van der Waals surface area contributed by atoms with Crippen LogP contribution >= 0.6 is 0 Å². The summed E-state index contributed by atoms with van der Waals surface area (Å²) in [4.78, 5) is 25.5. The smallest absolute Gasteiger partial charge is 0.416 e. The molecule has 2 rings (SSSR count). The molecule has 20 heavy (non-hydrogen) atoms. The maximum absolute atomic E-state index is 12.6. The molecule has 3 atom stereocenters. The number of ether oxygens (including phenoxy) is 1. The lowest BCUT2D eigenvalue weighted by atomic mass is 9.91. The van der Waals surface area contributed by atoms with Crippen LogP contribution in [0.3, 0.4) is 0 Å². The van der Waals surface area contributed by atoms with E-state index >= 15 is 0 Å². The second-order valence-electron chi connectivity index (χ2n) is 6.13. The third-order valence-electron chi connectivity index (χ3n) is 4.24. The van der Waals surface area contributed by atoms with Gasteiger partial charge in [-0.05, 0) is 25.7 Å². The summed E-state index contributed by atoms with van der Waals surface area (Å²) in [6.45, 7) is 4.12. The van der Waals surface area contributed by atoms with Crippen LogP contribution in [0.25, 0.3) is 0 Å². The minimum Gasteiger partial charge on any atom is -0.447 e. The van der Waals surface area contributed by atoms with E-state index in [9.17, 15) is 14.7 Å². The highest BCUT2D eigenvalue weighted by Crippen LogP contribution is 2.38. The summed E-state index contributed by atoms with van der Waals surface area (Å²) in [5.41, 5.74) is 0. The van der Waals surface area contributed by atoms with E-state index in [1.807, 2.05) is 0 Å². The highest BCUT2D eigenvalue weighted by Gasteiger charge is 2.42. The lowest BCUT2D eigenvalue weighted by Crippen LogP contribution is -2.45. The lowest BCUT2D eigenvalue weighted by Gasteiger charge is -2.26. The van der Waals surface area contributed by atoms with E-state index in [4.69, 9.17) is 4.74 Å². The van der Waals surface area contributed by atoms with E-state index in [2.05, 4.69) is 6.92 Å². The fourth-order valence-electron chi connectivity index (χ4n) is 2.75. The van der Waals surface area contributed by atoms with Crippen LogP contribution in [-0.2, 0) is 9.53 Å². The summed E-state index contributed by atoms with van der Waals surface area (Å²) < 4.78 is 4.92. The molecule has 0 unspecified atom stereocenters. The molecular formula is C15H25NO4. The first-order valence-electron chi connectivity index (χ1n) is 7.72. The molecule has 2 fully saturated rings. The quantitative estimate of drug-likeness (QED) is 0.778. The number of rotatable bonds is 7. The molecule has 0 aromatic carbocycles. The van der Waals surface area contributed by atoms with Crippen molar-refractivity contribution in [1.29, 1.82) is 0 Å². The van der Waals surface area contributed by atoms with Crippen LogP contribution in [0, 0.1) is 11.8 Å². The highest BCUT2D eigenvalue weighted by atomic mass is 16.6. The molecule has 0 aromatic rings. The number of aliphatic hydroxyl groups is 1. The van der Waals surface area contributed by atoms with Gasteiger partial charge in [-0.3, -0.25) is 4.79 Å². The average Bonchev–Trinajstić information content (AvgIpc) is 3.18. The van der Waals surface area contributed by atoms with Gasteiger partial charge in [-0.25, -0.2) is 9.69 Å². The summed E-state index contributed by atoms with van der Waals surface area (Å²) in [7, 11) is 0. The maximum Gasteiger partial charge on any atom is 0.416 e. The van der Waals surface area contributed by atoms with Crippen molar-refractivity contribution in [3.05, 3.63) is 0 Å². The molecular weight excluding hydrogens is 258 g/mol. The van der Waals surface area contributed by atoms with Crippen molar-refractivity contribution in [2.45, 2.75) is 64.5 Å². The van der Waals surface area contributed by atoms with Crippen LogP contribution in [0.4, 0.5) is 4.79 Å². The van der Waals surface area contributed by atoms with Crippen molar-refractivity contribution in [3.8, 4) is 0 Å². The zero-order valence-electron chi connectivity index (χ0n) is 12.4. The van der Waals surface area contributed by atoms with E-state index < -0.39 is 18.1 Å². The number of amides is 2. The number of hydrogen-bond acceptors (Lipinski definition) is 4. The second kappa shape index (κ2) is 6.57. The molecule has 1 saturated carbocycles. The van der Waals surface area contributed by atoms with E-state index in [-0.39, 0.29) is 18.6 Å². The summed E-state index contributed by atoms with van der Waals surface area (Å²) in [5.74, 6) is -0.174. The van der Waals surface area contributed by atoms with Crippen molar-refractivity contribution in [3.63, 3.8) is 0 Å². The Morgan fingerprint density at radius 1 is 1.50 bits per heavy atom. The van der Waals surface area contributed by atoms with Crippen molar-refractivity contribution < 1.29 is 19.4 Å². The number of carbonyl (C=O) groups is 2. The molecule has 0 spiro atoms. The van der Waals surface area contributed by atoms with Gasteiger partial charge in [0, 0.05) is 0 Å². The molecule has 0 bridgehead atoms. The molecule has 2 aliphatic rings. The van der Waals surface area contributed by atoms with Gasteiger partial charge in [0.1, 0.15) is 6.61 Å². The molecule has 5 heteroatoms. The SMILES string of the molecule is CCCC[C@H](O)[C@@H](CC1CC1)C(=O)N1C(=O)OC[C@H]1C. The topological polar surface area (TPSA) is 66.8 Å². The van der Waals surface area contributed by atoms with Crippen LogP contribution in [-0.4, -0.2) is 40.8 Å². The Morgan fingerprint density at radius 3 is 2.70 bits per heavy atom. The average molecular weight is 283 g/mol. The number of hydrogen-bond donors (Lipinski definition) is 1. The Bertz CT molecular complexity index is 367. The fraction of sp³-hybridized carbons (Fsp3) is 0.867. The Kier molecular flexibility index (Phi) is 5.02. The zero-order valence-corrected chi connectivity index (χ0v) is 12.4. The molecule has 0 radical (unpaired) electrons. The minimum absolute atomic E-state index is 0.227. The Hall–Kier alpha value is -1.10. The van der Waals surface area contributed by atoms with Crippen molar-refractivity contribution in [1.82, 2.24) is 4.90 Å². The normalized spacial score (nSPS) is 25.4. The summed E-state index contributed by atoms with van der Waals surface area (Å²) >= 11 is 0. The molecule has 1 aliphatic carbocycles. The number of carbonyl (C=O) groups excluding carboxylic acids is 2. The number of cyclic esters (lactones) is 1. The molecule has 114 valence electrons. The Labute approximate surface area is 120 Å². The Morgan fingerprint density at radius 2 is 2.20 bits per heavy atom. The third kappa shape index (κ3) is 3.51. The van der Waals surface area contributed by atoms with E-state index in [0.717, 1.165) is 25.7 Å². The number of imide groups is 1. The molecule has 1 N–H and O–H groups in total. The van der Waals surface area contributed by atoms with Gasteiger partial charge in [0.25, 0.3) is 0 Å². The van der Waals surface area contributed by atoms with Crippen molar-refractivity contribution in [2.75, 3.05) is 6.61 Å². The molecule has 1 aliphatic heterocycles. The van der Waals surface area contributed by atoms with Gasteiger partial charge in [-0.15, -0.1) is 0 Å². The van der Waals surface area contributed by atoms with Crippen LogP contribution in [0.15, 0.2) is 0 Å². The first-order chi connectivity index (χ1) is 9.54. The van der Waals surface area contributed by atoms with Gasteiger partial charge in [0.2, 0.25) is 5.91 Å². The standard InChI is InChI=1S/C15H25NO4/c1-3-4-5-13(17)12(8-11-6-7-11)14(18)16-10(2)9-20-15(16)19/h10-13,17H,3-9H2,1-2H3/t10-,12-,13+/m1/s1. The van der Waals surface area contributed by atoms with Gasteiger partial charge < -0.3 is 9.84 Å². The number of aliphatic hydroxyl groups excluding tert-OH is 1. The molecule has 2 amide bonds. The van der Waals surface area contributed by atoms with Gasteiger partial charge in [0.05, 0.1) is 18.1 Å². The summed E-state index contributed by atoms with van der Waals surface area (Å²) in [6, 6.07) is -0.227. The molecule has 5 nitrogen and oxygen atoms in total.